The maximum atomic E-state index is 11.6. The molecule has 5 nitrogen and oxygen atoms in total. The molecule has 1 aliphatic carbocycles. The van der Waals surface area contributed by atoms with Crippen LogP contribution in [0.4, 0.5) is 5.69 Å². The monoisotopic (exact) mass is 267 g/mol. The van der Waals surface area contributed by atoms with Crippen LogP contribution in [0.3, 0.4) is 0 Å². The van der Waals surface area contributed by atoms with Crippen molar-refractivity contribution < 1.29 is 14.5 Å². The van der Waals surface area contributed by atoms with Crippen LogP contribution < -0.4 is 0 Å². The van der Waals surface area contributed by atoms with E-state index in [0.29, 0.717) is 5.92 Å². The molecule has 1 fully saturated rings. The van der Waals surface area contributed by atoms with E-state index in [0.717, 1.165) is 17.7 Å². The number of carbonyl (C=O) groups is 1. The summed E-state index contributed by atoms with van der Waals surface area (Å²) in [4.78, 5) is 22.6. The van der Waals surface area contributed by atoms with Gasteiger partial charge in [0.25, 0.3) is 5.69 Å². The minimum Gasteiger partial charge on any atom is -0.468 e. The Bertz CT molecular complexity index is 456. The van der Waals surface area contributed by atoms with Crippen LogP contribution >= 0.6 is 11.8 Å². The molecule has 18 heavy (non-hydrogen) atoms. The van der Waals surface area contributed by atoms with E-state index in [9.17, 15) is 14.9 Å². The van der Waals surface area contributed by atoms with Gasteiger partial charge in [0.2, 0.25) is 0 Å². The van der Waals surface area contributed by atoms with Gasteiger partial charge in [-0.3, -0.25) is 14.9 Å². The number of carbonyl (C=O) groups excluding carboxylic acids is 1. The Morgan fingerprint density at radius 2 is 2.06 bits per heavy atom. The standard InChI is InChI=1S/C12H13NO4S/c1-17-12(14)11(8-2-3-8)18-10-6-4-9(5-7-10)13(15)16/h4-8,11H,2-3H2,1H3. The van der Waals surface area contributed by atoms with Crippen LogP contribution in [0.5, 0.6) is 0 Å². The molecule has 0 spiro atoms. The quantitative estimate of drug-likeness (QED) is 0.355. The first-order chi connectivity index (χ1) is 8.61. The Kier molecular flexibility index (Phi) is 3.86. The number of esters is 1. The number of thioether (sulfide) groups is 1. The van der Waals surface area contributed by atoms with Gasteiger partial charge in [-0.2, -0.15) is 0 Å². The van der Waals surface area contributed by atoms with Gasteiger partial charge < -0.3 is 4.74 Å². The largest absolute Gasteiger partial charge is 0.468 e. The van der Waals surface area contributed by atoms with Gasteiger partial charge in [0.15, 0.2) is 0 Å². The summed E-state index contributed by atoms with van der Waals surface area (Å²) in [7, 11) is 1.38. The zero-order valence-corrected chi connectivity index (χ0v) is 10.7. The Labute approximate surface area is 109 Å². The van der Waals surface area contributed by atoms with Gasteiger partial charge in [0.1, 0.15) is 5.25 Å². The van der Waals surface area contributed by atoms with Gasteiger partial charge in [-0.05, 0) is 30.9 Å². The second kappa shape index (κ2) is 5.39. The number of hydrogen-bond donors (Lipinski definition) is 0. The van der Waals surface area contributed by atoms with Crippen molar-refractivity contribution in [2.75, 3.05) is 7.11 Å². The summed E-state index contributed by atoms with van der Waals surface area (Å²) < 4.78 is 4.78. The highest BCUT2D eigenvalue weighted by Gasteiger charge is 2.37. The maximum Gasteiger partial charge on any atom is 0.319 e. The van der Waals surface area contributed by atoms with Gasteiger partial charge >= 0.3 is 5.97 Å². The van der Waals surface area contributed by atoms with Crippen molar-refractivity contribution in [1.82, 2.24) is 0 Å². The molecule has 1 aliphatic rings. The number of benzene rings is 1. The molecule has 0 heterocycles. The molecule has 0 N–H and O–H groups in total. The molecule has 2 rings (SSSR count). The molecule has 0 saturated heterocycles. The molecule has 0 bridgehead atoms. The Hall–Kier alpha value is -1.56. The number of non-ortho nitro benzene ring substituents is 1. The number of hydrogen-bond acceptors (Lipinski definition) is 5. The number of nitro benzene ring substituents is 1. The van der Waals surface area contributed by atoms with E-state index >= 15 is 0 Å². The van der Waals surface area contributed by atoms with Crippen molar-refractivity contribution in [1.29, 1.82) is 0 Å². The lowest BCUT2D eigenvalue weighted by Crippen LogP contribution is -2.20. The predicted molar refractivity (Wildman–Crippen MR) is 67.5 cm³/mol. The lowest BCUT2D eigenvalue weighted by molar-refractivity contribution is -0.384. The molecule has 1 aromatic carbocycles. The summed E-state index contributed by atoms with van der Waals surface area (Å²) >= 11 is 1.42. The number of ether oxygens (including phenoxy) is 1. The summed E-state index contributed by atoms with van der Waals surface area (Å²) in [6.07, 6.45) is 2.08. The first kappa shape index (κ1) is 12.9. The third kappa shape index (κ3) is 3.01. The highest BCUT2D eigenvalue weighted by molar-refractivity contribution is 8.00. The first-order valence-electron chi connectivity index (χ1n) is 5.60. The zero-order valence-electron chi connectivity index (χ0n) is 9.87. The zero-order chi connectivity index (χ0) is 13.1. The lowest BCUT2D eigenvalue weighted by atomic mass is 10.3. The molecule has 0 amide bonds. The third-order valence-electron chi connectivity index (χ3n) is 2.79. The molecule has 1 unspecified atom stereocenters. The van der Waals surface area contributed by atoms with Gasteiger partial charge in [-0.15, -0.1) is 11.8 Å². The molecule has 1 aromatic rings. The van der Waals surface area contributed by atoms with Gasteiger partial charge in [-0.25, -0.2) is 0 Å². The highest BCUT2D eigenvalue weighted by atomic mass is 32.2. The van der Waals surface area contributed by atoms with E-state index in [1.807, 2.05) is 0 Å². The summed E-state index contributed by atoms with van der Waals surface area (Å²) in [6, 6.07) is 6.23. The average Bonchev–Trinajstić information content (AvgIpc) is 3.20. The minimum atomic E-state index is -0.437. The fourth-order valence-corrected chi connectivity index (χ4v) is 2.89. The van der Waals surface area contributed by atoms with Crippen LogP contribution in [0.1, 0.15) is 12.8 Å². The van der Waals surface area contributed by atoms with Crippen molar-refractivity contribution >= 4 is 23.4 Å². The van der Waals surface area contributed by atoms with Crippen LogP contribution in [0.15, 0.2) is 29.2 Å². The Balaban J connectivity index is 2.06. The second-order valence-corrected chi connectivity index (χ2v) is 5.37. The van der Waals surface area contributed by atoms with Crippen molar-refractivity contribution in [2.45, 2.75) is 23.0 Å². The highest BCUT2D eigenvalue weighted by Crippen LogP contribution is 2.42. The second-order valence-electron chi connectivity index (χ2n) is 4.15. The van der Waals surface area contributed by atoms with Crippen LogP contribution in [0.2, 0.25) is 0 Å². The van der Waals surface area contributed by atoms with Gasteiger partial charge in [-0.1, -0.05) is 0 Å². The van der Waals surface area contributed by atoms with Crippen molar-refractivity contribution in [3.63, 3.8) is 0 Å². The summed E-state index contributed by atoms with van der Waals surface area (Å²) in [5.41, 5.74) is 0.0559. The van der Waals surface area contributed by atoms with Crippen LogP contribution in [-0.4, -0.2) is 23.3 Å². The SMILES string of the molecule is COC(=O)C(Sc1ccc([N+](=O)[O-])cc1)C1CC1. The molecule has 96 valence electrons. The average molecular weight is 267 g/mol. The molecule has 0 radical (unpaired) electrons. The molecule has 6 heteroatoms. The number of methoxy groups -OCH3 is 1. The summed E-state index contributed by atoms with van der Waals surface area (Å²) in [5.74, 6) is 0.151. The Morgan fingerprint density at radius 3 is 2.50 bits per heavy atom. The number of rotatable bonds is 5. The smallest absolute Gasteiger partial charge is 0.319 e. The number of nitro groups is 1. The van der Waals surface area contributed by atoms with Crippen molar-refractivity contribution in [2.24, 2.45) is 5.92 Å². The summed E-state index contributed by atoms with van der Waals surface area (Å²) in [6.45, 7) is 0. The van der Waals surface area contributed by atoms with Crippen LogP contribution in [0, 0.1) is 16.0 Å². The Morgan fingerprint density at radius 1 is 1.44 bits per heavy atom. The minimum absolute atomic E-state index is 0.0559. The normalized spacial score (nSPS) is 16.1. The molecule has 1 atom stereocenters. The first-order valence-corrected chi connectivity index (χ1v) is 6.48. The van der Waals surface area contributed by atoms with Crippen molar-refractivity contribution in [3.05, 3.63) is 34.4 Å². The topological polar surface area (TPSA) is 69.4 Å². The predicted octanol–water partition coefficient (Wildman–Crippen LogP) is 2.64. The molecular formula is C12H13NO4S. The van der Waals surface area contributed by atoms with Crippen LogP contribution in [0.25, 0.3) is 0 Å². The van der Waals surface area contributed by atoms with E-state index in [-0.39, 0.29) is 16.9 Å². The van der Waals surface area contributed by atoms with Gasteiger partial charge in [0.05, 0.1) is 12.0 Å². The van der Waals surface area contributed by atoms with E-state index in [4.69, 9.17) is 4.74 Å². The van der Waals surface area contributed by atoms with E-state index in [2.05, 4.69) is 0 Å². The van der Waals surface area contributed by atoms with E-state index in [1.54, 1.807) is 12.1 Å². The molecular weight excluding hydrogens is 254 g/mol. The lowest BCUT2D eigenvalue weighted by Gasteiger charge is -2.12. The van der Waals surface area contributed by atoms with Crippen molar-refractivity contribution in [3.8, 4) is 0 Å². The van der Waals surface area contributed by atoms with E-state index < -0.39 is 4.92 Å². The fourth-order valence-electron chi connectivity index (χ4n) is 1.64. The molecule has 1 saturated carbocycles. The van der Waals surface area contributed by atoms with E-state index in [1.165, 1.54) is 31.0 Å². The third-order valence-corrected chi connectivity index (χ3v) is 4.17. The molecule has 0 aromatic heterocycles. The van der Waals surface area contributed by atoms with Crippen LogP contribution in [-0.2, 0) is 9.53 Å². The fraction of sp³-hybridized carbons (Fsp3) is 0.417. The number of nitrogens with zero attached hydrogens (tertiary/aromatic N) is 1. The maximum absolute atomic E-state index is 11.6. The summed E-state index contributed by atoms with van der Waals surface area (Å²) in [5, 5.41) is 10.3. The molecule has 0 aliphatic heterocycles. The van der Waals surface area contributed by atoms with Gasteiger partial charge in [0, 0.05) is 17.0 Å².